The van der Waals surface area contributed by atoms with Crippen LogP contribution in [0.5, 0.6) is 0 Å². The molecule has 9 heavy (non-hydrogen) atoms. The molecular weight excluding hydrogens is 112 g/mol. The van der Waals surface area contributed by atoms with E-state index < -0.39 is 0 Å². The zero-order chi connectivity index (χ0) is 6.85. The number of hydrogen-bond acceptors (Lipinski definition) is 2. The molecule has 0 spiro atoms. The van der Waals surface area contributed by atoms with Crippen LogP contribution in [0, 0.1) is 0 Å². The lowest BCUT2D eigenvalue weighted by Crippen LogP contribution is -2.29. The van der Waals surface area contributed by atoms with Gasteiger partial charge in [-0.2, -0.15) is 0 Å². The zero-order valence-electron chi connectivity index (χ0n) is 6.17. The summed E-state index contributed by atoms with van der Waals surface area (Å²) in [4.78, 5) is 4.54. The Morgan fingerprint density at radius 1 is 1.56 bits per heavy atom. The first-order valence-corrected chi connectivity index (χ1v) is 3.34. The van der Waals surface area contributed by atoms with Gasteiger partial charge in [0, 0.05) is 13.1 Å². The van der Waals surface area contributed by atoms with E-state index in [1.54, 1.807) is 0 Å². The van der Waals surface area contributed by atoms with Gasteiger partial charge in [-0.15, -0.1) is 0 Å². The molecule has 0 amide bonds. The molecule has 0 aliphatic carbocycles. The van der Waals surface area contributed by atoms with Gasteiger partial charge in [-0.25, -0.2) is 0 Å². The fraction of sp³-hybridized carbons (Fsp3) is 0.714. The van der Waals surface area contributed by atoms with Crippen LogP contribution in [-0.2, 0) is 0 Å². The second-order valence-corrected chi connectivity index (χ2v) is 2.53. The summed E-state index contributed by atoms with van der Waals surface area (Å²) >= 11 is 0. The third-order valence-electron chi connectivity index (χ3n) is 2.06. The van der Waals surface area contributed by atoms with Gasteiger partial charge in [-0.3, -0.25) is 4.90 Å². The van der Waals surface area contributed by atoms with Crippen molar-refractivity contribution < 1.29 is 0 Å². The molecule has 0 saturated carbocycles. The SMILES string of the molecule is C=CN1CCN(C)C1C. The van der Waals surface area contributed by atoms with E-state index in [9.17, 15) is 0 Å². The van der Waals surface area contributed by atoms with Crippen LogP contribution in [0.3, 0.4) is 0 Å². The maximum Gasteiger partial charge on any atom is 0.0784 e. The van der Waals surface area contributed by atoms with Crippen LogP contribution in [-0.4, -0.2) is 36.1 Å². The molecule has 0 N–H and O–H groups in total. The van der Waals surface area contributed by atoms with E-state index in [1.807, 2.05) is 6.20 Å². The summed E-state index contributed by atoms with van der Waals surface area (Å²) in [5.74, 6) is 0. The first kappa shape index (κ1) is 6.62. The minimum atomic E-state index is 0.544. The van der Waals surface area contributed by atoms with Crippen LogP contribution in [0.2, 0.25) is 0 Å². The highest BCUT2D eigenvalue weighted by molar-refractivity contribution is 4.82. The first-order valence-electron chi connectivity index (χ1n) is 3.34. The summed E-state index contributed by atoms with van der Waals surface area (Å²) in [6.45, 7) is 8.20. The number of hydrogen-bond donors (Lipinski definition) is 0. The van der Waals surface area contributed by atoms with Crippen molar-refractivity contribution in [3.05, 3.63) is 12.8 Å². The standard InChI is InChI=1S/C7H14N2/c1-4-9-6-5-8(3)7(9)2/h4,7H,1,5-6H2,2-3H3. The summed E-state index contributed by atoms with van der Waals surface area (Å²) in [6.07, 6.45) is 2.45. The monoisotopic (exact) mass is 126 g/mol. The Morgan fingerprint density at radius 3 is 2.44 bits per heavy atom. The van der Waals surface area contributed by atoms with Crippen molar-refractivity contribution in [2.24, 2.45) is 0 Å². The molecule has 2 nitrogen and oxygen atoms in total. The molecule has 1 fully saturated rings. The van der Waals surface area contributed by atoms with E-state index in [0.29, 0.717) is 6.17 Å². The maximum atomic E-state index is 3.73. The minimum Gasteiger partial charge on any atom is -0.361 e. The lowest BCUT2D eigenvalue weighted by atomic mass is 10.5. The van der Waals surface area contributed by atoms with Gasteiger partial charge in [0.2, 0.25) is 0 Å². The van der Waals surface area contributed by atoms with Crippen LogP contribution >= 0.6 is 0 Å². The predicted octanol–water partition coefficient (Wildman–Crippen LogP) is 0.723. The zero-order valence-corrected chi connectivity index (χ0v) is 6.17. The summed E-state index contributed by atoms with van der Waals surface area (Å²) < 4.78 is 0. The van der Waals surface area contributed by atoms with E-state index in [4.69, 9.17) is 0 Å². The molecule has 1 aliphatic rings. The summed E-state index contributed by atoms with van der Waals surface area (Å²) in [5.41, 5.74) is 0. The average Bonchev–Trinajstić information content (AvgIpc) is 2.15. The smallest absolute Gasteiger partial charge is 0.0784 e. The number of nitrogens with zero attached hydrogens (tertiary/aromatic N) is 2. The predicted molar refractivity (Wildman–Crippen MR) is 39.0 cm³/mol. The fourth-order valence-corrected chi connectivity index (χ4v) is 1.14. The lowest BCUT2D eigenvalue weighted by molar-refractivity contribution is 0.228. The largest absolute Gasteiger partial charge is 0.361 e. The molecule has 1 rings (SSSR count). The molecule has 0 bridgehead atoms. The highest BCUT2D eigenvalue weighted by atomic mass is 15.4. The maximum absolute atomic E-state index is 3.73. The molecule has 1 heterocycles. The van der Waals surface area contributed by atoms with Gasteiger partial charge in [0.15, 0.2) is 0 Å². The van der Waals surface area contributed by atoms with E-state index in [2.05, 4.69) is 30.4 Å². The molecule has 1 aliphatic heterocycles. The van der Waals surface area contributed by atoms with Crippen LogP contribution in [0.15, 0.2) is 12.8 Å². The van der Waals surface area contributed by atoms with Gasteiger partial charge in [0.05, 0.1) is 6.17 Å². The van der Waals surface area contributed by atoms with Crippen molar-refractivity contribution in [3.8, 4) is 0 Å². The molecule has 0 aromatic heterocycles. The molecule has 0 aromatic rings. The van der Waals surface area contributed by atoms with Gasteiger partial charge in [0.1, 0.15) is 0 Å². The summed E-state index contributed by atoms with van der Waals surface area (Å²) in [6, 6.07) is 0. The molecule has 0 radical (unpaired) electrons. The van der Waals surface area contributed by atoms with E-state index in [0.717, 1.165) is 13.1 Å². The Morgan fingerprint density at radius 2 is 2.22 bits per heavy atom. The van der Waals surface area contributed by atoms with Crippen molar-refractivity contribution >= 4 is 0 Å². The van der Waals surface area contributed by atoms with Gasteiger partial charge in [0.25, 0.3) is 0 Å². The van der Waals surface area contributed by atoms with E-state index in [1.165, 1.54) is 0 Å². The second kappa shape index (κ2) is 2.40. The van der Waals surface area contributed by atoms with Crippen LogP contribution < -0.4 is 0 Å². The van der Waals surface area contributed by atoms with Gasteiger partial charge >= 0.3 is 0 Å². The van der Waals surface area contributed by atoms with Crippen LogP contribution in [0.1, 0.15) is 6.92 Å². The fourth-order valence-electron chi connectivity index (χ4n) is 1.14. The second-order valence-electron chi connectivity index (χ2n) is 2.53. The molecule has 52 valence electrons. The third kappa shape index (κ3) is 1.08. The molecule has 1 atom stereocenters. The quantitative estimate of drug-likeness (QED) is 0.511. The highest BCUT2D eigenvalue weighted by Gasteiger charge is 2.20. The number of rotatable bonds is 1. The normalized spacial score (nSPS) is 29.1. The van der Waals surface area contributed by atoms with Gasteiger partial charge < -0.3 is 4.90 Å². The Hall–Kier alpha value is -0.500. The highest BCUT2D eigenvalue weighted by Crippen LogP contribution is 2.10. The molecule has 1 saturated heterocycles. The number of likely N-dealkylation sites (N-methyl/N-ethyl adjacent to an activating group) is 1. The Balaban J connectivity index is 2.50. The molecule has 0 aromatic carbocycles. The molecular formula is C7H14N2. The summed E-state index contributed by atoms with van der Waals surface area (Å²) in [5, 5.41) is 0. The molecule has 2 heteroatoms. The van der Waals surface area contributed by atoms with Crippen molar-refractivity contribution in [1.29, 1.82) is 0 Å². The Bertz CT molecular complexity index is 111. The lowest BCUT2D eigenvalue weighted by Gasteiger charge is -2.21. The van der Waals surface area contributed by atoms with Gasteiger partial charge in [-0.1, -0.05) is 6.58 Å². The van der Waals surface area contributed by atoms with Crippen LogP contribution in [0.4, 0.5) is 0 Å². The van der Waals surface area contributed by atoms with Crippen molar-refractivity contribution in [2.75, 3.05) is 20.1 Å². The van der Waals surface area contributed by atoms with Crippen molar-refractivity contribution in [1.82, 2.24) is 9.80 Å². The summed E-state index contributed by atoms with van der Waals surface area (Å²) in [7, 11) is 2.13. The topological polar surface area (TPSA) is 6.48 Å². The first-order chi connectivity index (χ1) is 4.25. The van der Waals surface area contributed by atoms with Gasteiger partial charge in [-0.05, 0) is 20.2 Å². The minimum absolute atomic E-state index is 0.544. The average molecular weight is 126 g/mol. The van der Waals surface area contributed by atoms with E-state index >= 15 is 0 Å². The third-order valence-corrected chi connectivity index (χ3v) is 2.06. The molecule has 1 unspecified atom stereocenters. The van der Waals surface area contributed by atoms with Crippen molar-refractivity contribution in [2.45, 2.75) is 13.1 Å². The van der Waals surface area contributed by atoms with Crippen molar-refractivity contribution in [3.63, 3.8) is 0 Å². The Kier molecular flexibility index (Phi) is 1.76. The Labute approximate surface area is 56.8 Å². The van der Waals surface area contributed by atoms with Crippen LogP contribution in [0.25, 0.3) is 0 Å². The van der Waals surface area contributed by atoms with E-state index in [-0.39, 0.29) is 0 Å².